The molecule has 88 valence electrons. The van der Waals surface area contributed by atoms with Crippen molar-refractivity contribution in [2.24, 2.45) is 0 Å². The molecule has 0 N–H and O–H groups in total. The minimum Gasteiger partial charge on any atom is -0.300 e. The molecular weight excluding hydrogens is 246 g/mol. The smallest absolute Gasteiger partial charge is 0.144 e. The fraction of sp³-hybridized carbons (Fsp3) is 0. The Morgan fingerprint density at radius 3 is 2.33 bits per heavy atom. The van der Waals surface area contributed by atoms with Crippen molar-refractivity contribution in [3.63, 3.8) is 0 Å². The van der Waals surface area contributed by atoms with Gasteiger partial charge in [0.2, 0.25) is 0 Å². The maximum Gasteiger partial charge on any atom is 0.144 e. The van der Waals surface area contributed by atoms with Crippen LogP contribution in [-0.4, -0.2) is 14.5 Å². The average molecular weight is 256 g/mol. The Morgan fingerprint density at radius 2 is 1.61 bits per heavy atom. The highest BCUT2D eigenvalue weighted by molar-refractivity contribution is 6.30. The van der Waals surface area contributed by atoms with E-state index in [0.29, 0.717) is 0 Å². The molecule has 1 aromatic carbocycles. The molecule has 4 heteroatoms. The molecule has 3 rings (SSSR count). The molecular formula is C14H10ClN3. The quantitative estimate of drug-likeness (QED) is 0.701. The summed E-state index contributed by atoms with van der Waals surface area (Å²) in [5.74, 6) is 0.887. The van der Waals surface area contributed by atoms with Crippen LogP contribution in [0.3, 0.4) is 0 Å². The third kappa shape index (κ3) is 2.00. The molecule has 0 bridgehead atoms. The fourth-order valence-corrected chi connectivity index (χ4v) is 1.95. The standard InChI is InChI=1S/C14H10ClN3/c15-12-3-1-11(2-4-12)14-17-9-10-18(14)13-5-7-16-8-6-13/h1-10H. The summed E-state index contributed by atoms with van der Waals surface area (Å²) in [6.45, 7) is 0. The maximum atomic E-state index is 5.89. The van der Waals surface area contributed by atoms with Gasteiger partial charge in [-0.05, 0) is 36.4 Å². The summed E-state index contributed by atoms with van der Waals surface area (Å²) in [5, 5.41) is 0.723. The monoisotopic (exact) mass is 255 g/mol. The first-order chi connectivity index (χ1) is 8.84. The Labute approximate surface area is 110 Å². The van der Waals surface area contributed by atoms with Crippen molar-refractivity contribution >= 4 is 11.6 Å². The maximum absolute atomic E-state index is 5.89. The number of hydrogen-bond donors (Lipinski definition) is 0. The van der Waals surface area contributed by atoms with E-state index in [0.717, 1.165) is 22.1 Å². The number of hydrogen-bond acceptors (Lipinski definition) is 2. The van der Waals surface area contributed by atoms with Crippen LogP contribution in [0.5, 0.6) is 0 Å². The van der Waals surface area contributed by atoms with Gasteiger partial charge < -0.3 is 0 Å². The normalized spacial score (nSPS) is 10.5. The number of benzene rings is 1. The summed E-state index contributed by atoms with van der Waals surface area (Å²) in [6, 6.07) is 11.5. The zero-order chi connectivity index (χ0) is 12.4. The zero-order valence-corrected chi connectivity index (χ0v) is 10.2. The van der Waals surface area contributed by atoms with Crippen LogP contribution in [0.2, 0.25) is 5.02 Å². The van der Waals surface area contributed by atoms with Crippen LogP contribution < -0.4 is 0 Å². The van der Waals surface area contributed by atoms with E-state index in [-0.39, 0.29) is 0 Å². The fourth-order valence-electron chi connectivity index (χ4n) is 1.83. The van der Waals surface area contributed by atoms with E-state index in [1.807, 2.05) is 47.2 Å². The lowest BCUT2D eigenvalue weighted by Crippen LogP contribution is -1.96. The van der Waals surface area contributed by atoms with Crippen molar-refractivity contribution in [3.05, 3.63) is 66.2 Å². The zero-order valence-electron chi connectivity index (χ0n) is 9.49. The van der Waals surface area contributed by atoms with Crippen molar-refractivity contribution in [1.82, 2.24) is 14.5 Å². The van der Waals surface area contributed by atoms with Crippen LogP contribution in [-0.2, 0) is 0 Å². The van der Waals surface area contributed by atoms with E-state index in [2.05, 4.69) is 9.97 Å². The number of nitrogens with zero attached hydrogens (tertiary/aromatic N) is 3. The van der Waals surface area contributed by atoms with Gasteiger partial charge in [0.1, 0.15) is 5.82 Å². The number of halogens is 1. The summed E-state index contributed by atoms with van der Waals surface area (Å²) >= 11 is 5.89. The Balaban J connectivity index is 2.10. The second-order valence-electron chi connectivity index (χ2n) is 3.83. The van der Waals surface area contributed by atoms with Crippen LogP contribution in [0.15, 0.2) is 61.2 Å². The first-order valence-corrected chi connectivity index (χ1v) is 5.92. The summed E-state index contributed by atoms with van der Waals surface area (Å²) in [4.78, 5) is 8.41. The molecule has 0 fully saturated rings. The molecule has 2 heterocycles. The lowest BCUT2D eigenvalue weighted by Gasteiger charge is -2.07. The minimum atomic E-state index is 0.723. The SMILES string of the molecule is Clc1ccc(-c2nccn2-c2ccncc2)cc1. The highest BCUT2D eigenvalue weighted by atomic mass is 35.5. The van der Waals surface area contributed by atoms with E-state index in [9.17, 15) is 0 Å². The second-order valence-corrected chi connectivity index (χ2v) is 4.27. The van der Waals surface area contributed by atoms with Gasteiger partial charge in [0.05, 0.1) is 5.69 Å². The van der Waals surface area contributed by atoms with E-state index >= 15 is 0 Å². The van der Waals surface area contributed by atoms with Crippen LogP contribution in [0, 0.1) is 0 Å². The Kier molecular flexibility index (Phi) is 2.82. The second kappa shape index (κ2) is 4.63. The van der Waals surface area contributed by atoms with Gasteiger partial charge in [-0.1, -0.05) is 11.6 Å². The number of aromatic nitrogens is 3. The van der Waals surface area contributed by atoms with E-state index < -0.39 is 0 Å². The molecule has 0 radical (unpaired) electrons. The van der Waals surface area contributed by atoms with Crippen molar-refractivity contribution in [1.29, 1.82) is 0 Å². The van der Waals surface area contributed by atoms with E-state index in [1.54, 1.807) is 18.6 Å². The molecule has 0 unspecified atom stereocenters. The summed E-state index contributed by atoms with van der Waals surface area (Å²) in [5.41, 5.74) is 2.06. The molecule has 2 aromatic heterocycles. The van der Waals surface area contributed by atoms with E-state index in [1.165, 1.54) is 0 Å². The van der Waals surface area contributed by atoms with Gasteiger partial charge in [-0.2, -0.15) is 0 Å². The lowest BCUT2D eigenvalue weighted by atomic mass is 10.2. The highest BCUT2D eigenvalue weighted by Gasteiger charge is 2.06. The van der Waals surface area contributed by atoms with Crippen LogP contribution in [0.4, 0.5) is 0 Å². The molecule has 0 spiro atoms. The van der Waals surface area contributed by atoms with Crippen LogP contribution >= 0.6 is 11.6 Å². The Hall–Kier alpha value is -2.13. The topological polar surface area (TPSA) is 30.7 Å². The number of rotatable bonds is 2. The molecule has 0 aliphatic heterocycles. The molecule has 18 heavy (non-hydrogen) atoms. The van der Waals surface area contributed by atoms with Gasteiger partial charge in [0.15, 0.2) is 0 Å². The first kappa shape index (κ1) is 11.0. The van der Waals surface area contributed by atoms with Crippen molar-refractivity contribution in [2.75, 3.05) is 0 Å². The van der Waals surface area contributed by atoms with Gasteiger partial charge in [-0.3, -0.25) is 9.55 Å². The van der Waals surface area contributed by atoms with Crippen LogP contribution in [0.1, 0.15) is 0 Å². The van der Waals surface area contributed by atoms with Gasteiger partial charge in [0, 0.05) is 35.4 Å². The molecule has 3 aromatic rings. The van der Waals surface area contributed by atoms with Crippen molar-refractivity contribution in [3.8, 4) is 17.1 Å². The van der Waals surface area contributed by atoms with Gasteiger partial charge in [-0.25, -0.2) is 4.98 Å². The molecule has 0 aliphatic rings. The van der Waals surface area contributed by atoms with Crippen molar-refractivity contribution in [2.45, 2.75) is 0 Å². The highest BCUT2D eigenvalue weighted by Crippen LogP contribution is 2.22. The first-order valence-electron chi connectivity index (χ1n) is 5.54. The summed E-state index contributed by atoms with van der Waals surface area (Å²) in [6.07, 6.45) is 7.24. The third-order valence-corrected chi connectivity index (χ3v) is 2.94. The lowest BCUT2D eigenvalue weighted by molar-refractivity contribution is 1.06. The van der Waals surface area contributed by atoms with Crippen molar-refractivity contribution < 1.29 is 0 Å². The molecule has 0 atom stereocenters. The summed E-state index contributed by atoms with van der Waals surface area (Å²) < 4.78 is 2.02. The van der Waals surface area contributed by atoms with Gasteiger partial charge in [0.25, 0.3) is 0 Å². The molecule has 0 amide bonds. The molecule has 3 nitrogen and oxygen atoms in total. The molecule has 0 aliphatic carbocycles. The van der Waals surface area contributed by atoms with E-state index in [4.69, 9.17) is 11.6 Å². The number of imidazole rings is 1. The average Bonchev–Trinajstić information content (AvgIpc) is 2.90. The van der Waals surface area contributed by atoms with Gasteiger partial charge >= 0.3 is 0 Å². The van der Waals surface area contributed by atoms with Gasteiger partial charge in [-0.15, -0.1) is 0 Å². The molecule has 0 saturated heterocycles. The Bertz CT molecular complexity index is 644. The third-order valence-electron chi connectivity index (χ3n) is 2.68. The molecule has 0 saturated carbocycles. The summed E-state index contributed by atoms with van der Waals surface area (Å²) in [7, 11) is 0. The number of pyridine rings is 1. The predicted molar refractivity (Wildman–Crippen MR) is 71.8 cm³/mol. The largest absolute Gasteiger partial charge is 0.300 e. The van der Waals surface area contributed by atoms with Crippen LogP contribution in [0.25, 0.3) is 17.1 Å². The minimum absolute atomic E-state index is 0.723. The Morgan fingerprint density at radius 1 is 0.889 bits per heavy atom. The predicted octanol–water partition coefficient (Wildman–Crippen LogP) is 3.59.